The number of halogens is 5. The van der Waals surface area contributed by atoms with Crippen LogP contribution < -0.4 is 10.2 Å². The van der Waals surface area contributed by atoms with E-state index in [9.17, 15) is 31.9 Å². The van der Waals surface area contributed by atoms with Crippen molar-refractivity contribution in [1.29, 1.82) is 0 Å². The number of hydrogen-bond acceptors (Lipinski definition) is 4. The van der Waals surface area contributed by atoms with Gasteiger partial charge in [-0.25, -0.2) is 4.39 Å². The van der Waals surface area contributed by atoms with Crippen LogP contribution in [-0.4, -0.2) is 30.9 Å². The molecule has 0 aromatic heterocycles. The van der Waals surface area contributed by atoms with E-state index in [1.807, 2.05) is 0 Å². The van der Waals surface area contributed by atoms with E-state index in [0.29, 0.717) is 6.07 Å². The predicted octanol–water partition coefficient (Wildman–Crippen LogP) is 4.03. The number of carbonyl (C=O) groups is 3. The zero-order valence-electron chi connectivity index (χ0n) is 15.7. The van der Waals surface area contributed by atoms with Crippen LogP contribution in [-0.2, 0) is 25.3 Å². The molecular weight excluding hydrogens is 444 g/mol. The van der Waals surface area contributed by atoms with Gasteiger partial charge < -0.3 is 15.0 Å². The van der Waals surface area contributed by atoms with E-state index in [4.69, 9.17) is 16.3 Å². The lowest BCUT2D eigenvalue weighted by molar-refractivity contribution is -0.151. The SMILES string of the molecule is O=C(COC(=O)[C@H]1CC(=O)N(c2ccccc2F)C1)Nc1ccc(Cl)c(C(F)(F)F)c1. The number of para-hydroxylation sites is 1. The second-order valence-corrected chi connectivity index (χ2v) is 7.11. The van der Waals surface area contributed by atoms with Gasteiger partial charge in [0.05, 0.1) is 22.2 Å². The van der Waals surface area contributed by atoms with Gasteiger partial charge in [-0.15, -0.1) is 0 Å². The maximum absolute atomic E-state index is 13.9. The van der Waals surface area contributed by atoms with E-state index in [0.717, 1.165) is 11.0 Å². The molecule has 11 heteroatoms. The molecule has 31 heavy (non-hydrogen) atoms. The second-order valence-electron chi connectivity index (χ2n) is 6.71. The summed E-state index contributed by atoms with van der Waals surface area (Å²) in [6.45, 7) is -0.889. The number of anilines is 2. The quantitative estimate of drug-likeness (QED) is 0.542. The number of carbonyl (C=O) groups excluding carboxylic acids is 3. The molecule has 2 aromatic carbocycles. The summed E-state index contributed by atoms with van der Waals surface area (Å²) in [7, 11) is 0. The molecule has 1 saturated heterocycles. The van der Waals surface area contributed by atoms with Gasteiger partial charge in [0, 0.05) is 18.7 Å². The lowest BCUT2D eigenvalue weighted by Crippen LogP contribution is -2.28. The highest BCUT2D eigenvalue weighted by Gasteiger charge is 2.37. The highest BCUT2D eigenvalue weighted by Crippen LogP contribution is 2.36. The fraction of sp³-hybridized carbons (Fsp3) is 0.250. The largest absolute Gasteiger partial charge is 0.455 e. The van der Waals surface area contributed by atoms with Crippen molar-refractivity contribution in [1.82, 2.24) is 0 Å². The van der Waals surface area contributed by atoms with Crippen molar-refractivity contribution < 1.29 is 36.7 Å². The first-order chi connectivity index (χ1) is 14.6. The van der Waals surface area contributed by atoms with E-state index < -0.39 is 52.9 Å². The Morgan fingerprint density at radius 1 is 1.19 bits per heavy atom. The number of hydrogen-bond donors (Lipinski definition) is 1. The lowest BCUT2D eigenvalue weighted by Gasteiger charge is -2.17. The molecule has 0 radical (unpaired) electrons. The van der Waals surface area contributed by atoms with Gasteiger partial charge in [0.25, 0.3) is 5.91 Å². The van der Waals surface area contributed by atoms with Crippen molar-refractivity contribution in [3.63, 3.8) is 0 Å². The van der Waals surface area contributed by atoms with Gasteiger partial charge >= 0.3 is 12.1 Å². The average molecular weight is 459 g/mol. The molecule has 0 spiro atoms. The summed E-state index contributed by atoms with van der Waals surface area (Å²) >= 11 is 5.51. The molecule has 3 rings (SSSR count). The summed E-state index contributed by atoms with van der Waals surface area (Å²) in [5.41, 5.74) is -1.27. The van der Waals surface area contributed by atoms with Crippen molar-refractivity contribution in [3.8, 4) is 0 Å². The third-order valence-corrected chi connectivity index (χ3v) is 4.83. The first-order valence-corrected chi connectivity index (χ1v) is 9.32. The van der Waals surface area contributed by atoms with E-state index in [2.05, 4.69) is 5.32 Å². The Hall–Kier alpha value is -3.14. The molecule has 0 saturated carbocycles. The number of nitrogens with zero attached hydrogens (tertiary/aromatic N) is 1. The number of rotatable bonds is 5. The van der Waals surface area contributed by atoms with Crippen LogP contribution in [0.5, 0.6) is 0 Å². The Morgan fingerprint density at radius 2 is 1.90 bits per heavy atom. The number of alkyl halides is 3. The zero-order valence-corrected chi connectivity index (χ0v) is 16.5. The molecule has 0 aliphatic carbocycles. The third kappa shape index (κ3) is 5.32. The van der Waals surface area contributed by atoms with Crippen LogP contribution >= 0.6 is 11.6 Å². The van der Waals surface area contributed by atoms with Crippen LogP contribution in [0, 0.1) is 11.7 Å². The summed E-state index contributed by atoms with van der Waals surface area (Å²) in [5.74, 6) is -3.73. The number of amides is 2. The predicted molar refractivity (Wildman–Crippen MR) is 103 cm³/mol. The average Bonchev–Trinajstić information content (AvgIpc) is 3.08. The standard InChI is InChI=1S/C20H15ClF4N2O4/c21-14-6-5-12(8-13(14)20(23,24)25)26-17(28)10-31-19(30)11-7-18(29)27(9-11)16-4-2-1-3-15(16)22/h1-6,8,11H,7,9-10H2,(H,26,28)/t11-/m0/s1. The highest BCUT2D eigenvalue weighted by atomic mass is 35.5. The lowest BCUT2D eigenvalue weighted by atomic mass is 10.1. The van der Waals surface area contributed by atoms with Crippen molar-refractivity contribution in [2.24, 2.45) is 5.92 Å². The van der Waals surface area contributed by atoms with Crippen molar-refractivity contribution in [2.45, 2.75) is 12.6 Å². The monoisotopic (exact) mass is 458 g/mol. The molecule has 0 bridgehead atoms. The Morgan fingerprint density at radius 3 is 2.58 bits per heavy atom. The van der Waals surface area contributed by atoms with Crippen LogP contribution in [0.1, 0.15) is 12.0 Å². The summed E-state index contributed by atoms with van der Waals surface area (Å²) in [4.78, 5) is 37.4. The minimum absolute atomic E-state index is 0.0313. The maximum Gasteiger partial charge on any atom is 0.417 e. The van der Waals surface area contributed by atoms with Gasteiger partial charge in [0.1, 0.15) is 5.82 Å². The zero-order chi connectivity index (χ0) is 22.8. The van der Waals surface area contributed by atoms with Gasteiger partial charge in [0.2, 0.25) is 5.91 Å². The molecule has 2 aromatic rings. The van der Waals surface area contributed by atoms with E-state index in [-0.39, 0.29) is 24.3 Å². The molecule has 1 heterocycles. The van der Waals surface area contributed by atoms with Gasteiger partial charge in [0.15, 0.2) is 6.61 Å². The number of benzene rings is 2. The fourth-order valence-electron chi connectivity index (χ4n) is 3.04. The number of esters is 1. The molecule has 6 nitrogen and oxygen atoms in total. The van der Waals surface area contributed by atoms with Crippen LogP contribution in [0.4, 0.5) is 28.9 Å². The van der Waals surface area contributed by atoms with Crippen LogP contribution in [0.3, 0.4) is 0 Å². The fourth-order valence-corrected chi connectivity index (χ4v) is 3.27. The van der Waals surface area contributed by atoms with E-state index in [1.54, 1.807) is 6.07 Å². The molecule has 164 valence electrons. The summed E-state index contributed by atoms with van der Waals surface area (Å²) in [5, 5.41) is 1.65. The van der Waals surface area contributed by atoms with E-state index in [1.165, 1.54) is 24.3 Å². The van der Waals surface area contributed by atoms with Gasteiger partial charge in [-0.05, 0) is 30.3 Å². The molecule has 0 unspecified atom stereocenters. The molecule has 1 fully saturated rings. The first-order valence-electron chi connectivity index (χ1n) is 8.94. The van der Waals surface area contributed by atoms with Crippen molar-refractivity contribution >= 4 is 40.8 Å². The van der Waals surface area contributed by atoms with Gasteiger partial charge in [-0.1, -0.05) is 23.7 Å². The number of ether oxygens (including phenoxy) is 1. The molecule has 2 amide bonds. The Bertz CT molecular complexity index is 1030. The molecule has 1 atom stereocenters. The Balaban J connectivity index is 1.56. The van der Waals surface area contributed by atoms with Crippen molar-refractivity contribution in [2.75, 3.05) is 23.4 Å². The van der Waals surface area contributed by atoms with Gasteiger partial charge in [-0.2, -0.15) is 13.2 Å². The first kappa shape index (κ1) is 22.5. The van der Waals surface area contributed by atoms with E-state index >= 15 is 0 Å². The van der Waals surface area contributed by atoms with Crippen LogP contribution in [0.15, 0.2) is 42.5 Å². The Labute approximate surface area is 178 Å². The normalized spacial score (nSPS) is 16.4. The summed E-state index contributed by atoms with van der Waals surface area (Å²) < 4.78 is 57.4. The van der Waals surface area contributed by atoms with Crippen LogP contribution in [0.25, 0.3) is 0 Å². The topological polar surface area (TPSA) is 75.7 Å². The molecule has 1 N–H and O–H groups in total. The summed E-state index contributed by atoms with van der Waals surface area (Å²) in [6.07, 6.45) is -4.93. The van der Waals surface area contributed by atoms with Gasteiger partial charge in [-0.3, -0.25) is 14.4 Å². The molecule has 1 aliphatic rings. The molecular formula is C20H15ClF4N2O4. The maximum atomic E-state index is 13.9. The minimum atomic E-state index is -4.70. The second kappa shape index (κ2) is 8.93. The number of nitrogens with one attached hydrogen (secondary N) is 1. The smallest absolute Gasteiger partial charge is 0.417 e. The third-order valence-electron chi connectivity index (χ3n) is 4.50. The Kier molecular flexibility index (Phi) is 6.49. The minimum Gasteiger partial charge on any atom is -0.455 e. The molecule has 1 aliphatic heterocycles. The van der Waals surface area contributed by atoms with Crippen LogP contribution in [0.2, 0.25) is 5.02 Å². The van der Waals surface area contributed by atoms with Crippen molar-refractivity contribution in [3.05, 3.63) is 58.9 Å². The summed E-state index contributed by atoms with van der Waals surface area (Å²) in [6, 6.07) is 8.39. The highest BCUT2D eigenvalue weighted by molar-refractivity contribution is 6.31.